The maximum Gasteiger partial charge on any atom is 0.201 e. The molecule has 2 N–H and O–H groups in total. The van der Waals surface area contributed by atoms with Crippen LogP contribution in [0.3, 0.4) is 0 Å². The van der Waals surface area contributed by atoms with E-state index < -0.39 is 5.82 Å². The van der Waals surface area contributed by atoms with Gasteiger partial charge in [-0.15, -0.1) is 0 Å². The topological polar surface area (TPSA) is 53.1 Å². The van der Waals surface area contributed by atoms with Crippen LogP contribution in [0.1, 0.15) is 0 Å². The van der Waals surface area contributed by atoms with Crippen molar-refractivity contribution in [3.05, 3.63) is 17.9 Å². The van der Waals surface area contributed by atoms with Crippen LogP contribution in [0.15, 0.2) is 12.1 Å². The number of methoxy groups -OCH3 is 1. The summed E-state index contributed by atoms with van der Waals surface area (Å²) in [6, 6.07) is 2.98. The van der Waals surface area contributed by atoms with Gasteiger partial charge in [0, 0.05) is 24.4 Å². The van der Waals surface area contributed by atoms with Gasteiger partial charge >= 0.3 is 0 Å². The predicted molar refractivity (Wildman–Crippen MR) is 69.0 cm³/mol. The first-order valence-electron chi connectivity index (χ1n) is 5.15. The Morgan fingerprint density at radius 1 is 1.53 bits per heavy atom. The van der Waals surface area contributed by atoms with Crippen molar-refractivity contribution in [2.45, 2.75) is 6.54 Å². The Morgan fingerprint density at radius 2 is 2.29 bits per heavy atom. The number of aromatic nitrogens is 2. The first kappa shape index (κ1) is 12.0. The molecule has 1 aromatic heterocycles. The monoisotopic (exact) mass is 255 g/mol. The van der Waals surface area contributed by atoms with Crippen LogP contribution in [0, 0.1) is 5.82 Å². The molecule has 2 rings (SSSR count). The fraction of sp³-hybridized carbons (Fsp3) is 0.364. The Kier molecular flexibility index (Phi) is 3.42. The smallest absolute Gasteiger partial charge is 0.201 e. The average molecular weight is 255 g/mol. The molecule has 0 aliphatic rings. The molecule has 0 amide bonds. The molecule has 0 atom stereocenters. The van der Waals surface area contributed by atoms with Gasteiger partial charge in [-0.3, -0.25) is 0 Å². The molecule has 0 bridgehead atoms. The molecule has 1 aromatic carbocycles. The van der Waals surface area contributed by atoms with Gasteiger partial charge in [0.25, 0.3) is 0 Å². The van der Waals surface area contributed by atoms with Gasteiger partial charge in [-0.05, 0) is 6.26 Å². The van der Waals surface area contributed by atoms with E-state index in [1.165, 1.54) is 13.2 Å². The molecule has 2 aromatic rings. The van der Waals surface area contributed by atoms with Crippen molar-refractivity contribution in [1.82, 2.24) is 9.55 Å². The van der Waals surface area contributed by atoms with Crippen molar-refractivity contribution < 1.29 is 9.13 Å². The van der Waals surface area contributed by atoms with E-state index in [0.29, 0.717) is 11.5 Å². The van der Waals surface area contributed by atoms with Gasteiger partial charge in [-0.2, -0.15) is 11.8 Å². The third kappa shape index (κ3) is 2.17. The minimum atomic E-state index is -0.422. The number of fused-ring (bicyclic) bond motifs is 1. The van der Waals surface area contributed by atoms with E-state index in [-0.39, 0.29) is 5.75 Å². The Balaban J connectivity index is 2.55. The zero-order valence-electron chi connectivity index (χ0n) is 9.74. The summed E-state index contributed by atoms with van der Waals surface area (Å²) in [5.74, 6) is 1.12. The number of benzene rings is 1. The van der Waals surface area contributed by atoms with Crippen LogP contribution in [0.5, 0.6) is 5.75 Å². The van der Waals surface area contributed by atoms with Gasteiger partial charge in [0.15, 0.2) is 11.6 Å². The molecule has 0 saturated carbocycles. The number of thioether (sulfide) groups is 1. The maximum absolute atomic E-state index is 13.5. The molecule has 0 radical (unpaired) electrons. The third-order valence-electron chi connectivity index (χ3n) is 2.57. The number of imidazole rings is 1. The summed E-state index contributed by atoms with van der Waals surface area (Å²) in [4.78, 5) is 4.14. The number of ether oxygens (including phenoxy) is 1. The van der Waals surface area contributed by atoms with E-state index in [1.54, 1.807) is 17.8 Å². The number of hydrogen-bond acceptors (Lipinski definition) is 4. The summed E-state index contributed by atoms with van der Waals surface area (Å²) in [6.07, 6.45) is 2.02. The Bertz CT molecular complexity index is 541. The molecule has 0 unspecified atom stereocenters. The highest BCUT2D eigenvalue weighted by Crippen LogP contribution is 2.26. The van der Waals surface area contributed by atoms with Crippen LogP contribution in [0.25, 0.3) is 11.0 Å². The number of rotatable bonds is 4. The largest absolute Gasteiger partial charge is 0.494 e. The number of nitrogen functional groups attached to an aromatic ring is 1. The van der Waals surface area contributed by atoms with E-state index in [4.69, 9.17) is 10.5 Å². The van der Waals surface area contributed by atoms with E-state index in [9.17, 15) is 4.39 Å². The fourth-order valence-electron chi connectivity index (χ4n) is 1.72. The highest BCUT2D eigenvalue weighted by molar-refractivity contribution is 7.98. The minimum absolute atomic E-state index is 0.211. The summed E-state index contributed by atoms with van der Waals surface area (Å²) in [6.45, 7) is 0.748. The quantitative estimate of drug-likeness (QED) is 0.909. The Labute approximate surface area is 103 Å². The summed E-state index contributed by atoms with van der Waals surface area (Å²) in [7, 11) is 1.44. The second kappa shape index (κ2) is 4.83. The number of aryl methyl sites for hydroxylation is 1. The van der Waals surface area contributed by atoms with Crippen LogP contribution in [0.4, 0.5) is 10.3 Å². The van der Waals surface area contributed by atoms with Crippen molar-refractivity contribution in [3.8, 4) is 5.75 Å². The molecule has 6 heteroatoms. The van der Waals surface area contributed by atoms with Gasteiger partial charge in [-0.1, -0.05) is 0 Å². The molecule has 92 valence electrons. The van der Waals surface area contributed by atoms with Crippen LogP contribution in [-0.4, -0.2) is 28.7 Å². The lowest BCUT2D eigenvalue weighted by Gasteiger charge is -2.06. The molecule has 1 heterocycles. The number of nitrogens with zero attached hydrogens (tertiary/aromatic N) is 2. The average Bonchev–Trinajstić information content (AvgIpc) is 2.60. The van der Waals surface area contributed by atoms with Crippen LogP contribution in [-0.2, 0) is 6.54 Å². The fourth-order valence-corrected chi connectivity index (χ4v) is 2.08. The molecular formula is C11H14FN3OS. The molecule has 17 heavy (non-hydrogen) atoms. The Morgan fingerprint density at radius 3 is 2.94 bits per heavy atom. The number of hydrogen-bond donors (Lipinski definition) is 1. The van der Waals surface area contributed by atoms with Gasteiger partial charge in [0.1, 0.15) is 0 Å². The second-order valence-corrected chi connectivity index (χ2v) is 4.58. The van der Waals surface area contributed by atoms with Crippen molar-refractivity contribution >= 4 is 28.7 Å². The highest BCUT2D eigenvalue weighted by atomic mass is 32.2. The van der Waals surface area contributed by atoms with Crippen molar-refractivity contribution in [2.75, 3.05) is 24.9 Å². The van der Waals surface area contributed by atoms with Crippen molar-refractivity contribution in [3.63, 3.8) is 0 Å². The summed E-state index contributed by atoms with van der Waals surface area (Å²) < 4.78 is 20.3. The molecule has 0 fully saturated rings. The molecule has 0 saturated heterocycles. The van der Waals surface area contributed by atoms with Crippen molar-refractivity contribution in [2.24, 2.45) is 0 Å². The Hall–Kier alpha value is -1.43. The van der Waals surface area contributed by atoms with E-state index in [2.05, 4.69) is 4.98 Å². The van der Waals surface area contributed by atoms with Crippen LogP contribution in [0.2, 0.25) is 0 Å². The van der Waals surface area contributed by atoms with Gasteiger partial charge < -0.3 is 15.0 Å². The molecule has 0 aliphatic heterocycles. The van der Waals surface area contributed by atoms with Crippen molar-refractivity contribution in [1.29, 1.82) is 0 Å². The molecule has 0 aliphatic carbocycles. The summed E-state index contributed by atoms with van der Waals surface area (Å²) >= 11 is 1.72. The molecule has 0 spiro atoms. The van der Waals surface area contributed by atoms with Gasteiger partial charge in [0.2, 0.25) is 5.95 Å². The van der Waals surface area contributed by atoms with E-state index >= 15 is 0 Å². The lowest BCUT2D eigenvalue weighted by molar-refractivity contribution is 0.387. The maximum atomic E-state index is 13.5. The van der Waals surface area contributed by atoms with Gasteiger partial charge in [-0.25, -0.2) is 9.37 Å². The first-order chi connectivity index (χ1) is 8.17. The molecular weight excluding hydrogens is 241 g/mol. The second-order valence-electron chi connectivity index (χ2n) is 3.59. The first-order valence-corrected chi connectivity index (χ1v) is 6.55. The SMILES string of the molecule is COc1cc2c(cc1F)nc(N)n2CCSC. The summed E-state index contributed by atoms with van der Waals surface area (Å²) in [5.41, 5.74) is 7.17. The molecule has 4 nitrogen and oxygen atoms in total. The summed E-state index contributed by atoms with van der Waals surface area (Å²) in [5, 5.41) is 0. The van der Waals surface area contributed by atoms with Gasteiger partial charge in [0.05, 0.1) is 18.1 Å². The van der Waals surface area contributed by atoms with Crippen LogP contribution < -0.4 is 10.5 Å². The standard InChI is InChI=1S/C11H14FN3OS/c1-16-10-6-9-8(5-7(10)12)14-11(13)15(9)3-4-17-2/h5-6H,3-4H2,1-2H3,(H2,13,14). The third-order valence-corrected chi connectivity index (χ3v) is 3.16. The van der Waals surface area contributed by atoms with Crippen LogP contribution >= 0.6 is 11.8 Å². The number of halogens is 1. The minimum Gasteiger partial charge on any atom is -0.494 e. The predicted octanol–water partition coefficient (Wildman–Crippen LogP) is 2.13. The van der Waals surface area contributed by atoms with E-state index in [0.717, 1.165) is 17.8 Å². The number of nitrogens with two attached hydrogens (primary N) is 1. The highest BCUT2D eigenvalue weighted by Gasteiger charge is 2.12. The zero-order valence-corrected chi connectivity index (χ0v) is 10.6. The lowest BCUT2D eigenvalue weighted by Crippen LogP contribution is -2.05. The van der Waals surface area contributed by atoms with E-state index in [1.807, 2.05) is 10.8 Å². The normalized spacial score (nSPS) is 11.0. The lowest BCUT2D eigenvalue weighted by atomic mass is 10.3. The zero-order chi connectivity index (χ0) is 12.4. The number of anilines is 1.